The maximum atomic E-state index is 13.2. The van der Waals surface area contributed by atoms with Gasteiger partial charge in [0.2, 0.25) is 11.8 Å². The van der Waals surface area contributed by atoms with Crippen LogP contribution in [0.2, 0.25) is 0 Å². The van der Waals surface area contributed by atoms with Crippen molar-refractivity contribution in [3.05, 3.63) is 59.9 Å². The quantitative estimate of drug-likeness (QED) is 0.745. The Labute approximate surface area is 179 Å². The minimum atomic E-state index is -0.569. The molecule has 0 aromatic heterocycles. The highest BCUT2D eigenvalue weighted by Crippen LogP contribution is 2.27. The molecule has 8 heteroatoms. The van der Waals surface area contributed by atoms with Gasteiger partial charge in [-0.1, -0.05) is 12.1 Å². The number of para-hydroxylation sites is 1. The van der Waals surface area contributed by atoms with Crippen molar-refractivity contribution in [3.63, 3.8) is 0 Å². The third-order valence-electron chi connectivity index (χ3n) is 5.58. The fourth-order valence-corrected chi connectivity index (χ4v) is 3.89. The molecule has 2 aromatic carbocycles. The Morgan fingerprint density at radius 1 is 1.13 bits per heavy atom. The average molecular weight is 425 g/mol. The van der Waals surface area contributed by atoms with Gasteiger partial charge >= 0.3 is 0 Å². The van der Waals surface area contributed by atoms with Crippen LogP contribution in [-0.4, -0.2) is 43.5 Å². The third-order valence-corrected chi connectivity index (χ3v) is 5.58. The second-order valence-electron chi connectivity index (χ2n) is 7.76. The lowest BCUT2D eigenvalue weighted by Gasteiger charge is -2.17. The normalized spacial score (nSPS) is 20.7. The number of carbonyl (C=O) groups excluding carboxylic acids is 3. The highest BCUT2D eigenvalue weighted by atomic mass is 19.1. The predicted octanol–water partition coefficient (Wildman–Crippen LogP) is 2.73. The summed E-state index contributed by atoms with van der Waals surface area (Å²) in [7, 11) is 0. The summed E-state index contributed by atoms with van der Waals surface area (Å²) in [6.45, 7) is 1.33. The van der Waals surface area contributed by atoms with Gasteiger partial charge in [-0.3, -0.25) is 14.4 Å². The molecule has 3 amide bonds. The summed E-state index contributed by atoms with van der Waals surface area (Å²) in [5.41, 5.74) is 1.30. The Morgan fingerprint density at radius 2 is 1.90 bits per heavy atom. The van der Waals surface area contributed by atoms with Crippen LogP contribution < -0.4 is 15.5 Å². The van der Waals surface area contributed by atoms with Gasteiger partial charge in [0, 0.05) is 31.8 Å². The van der Waals surface area contributed by atoms with E-state index >= 15 is 0 Å². The van der Waals surface area contributed by atoms with Gasteiger partial charge in [-0.15, -0.1) is 0 Å². The molecule has 2 atom stereocenters. The first-order valence-electron chi connectivity index (χ1n) is 10.4. The SMILES string of the molecule is O=C(NC[C@H]1CCCO1)c1ccccc1NC(=O)[C@@H]1CC(=O)N(c2ccc(F)cc2)C1. The third kappa shape index (κ3) is 4.91. The van der Waals surface area contributed by atoms with Crippen molar-refractivity contribution in [3.8, 4) is 0 Å². The summed E-state index contributed by atoms with van der Waals surface area (Å²) in [4.78, 5) is 39.3. The molecule has 4 rings (SSSR count). The molecule has 0 aliphatic carbocycles. The van der Waals surface area contributed by atoms with Gasteiger partial charge in [0.05, 0.1) is 23.3 Å². The van der Waals surface area contributed by atoms with Gasteiger partial charge < -0.3 is 20.3 Å². The highest BCUT2D eigenvalue weighted by Gasteiger charge is 2.35. The van der Waals surface area contributed by atoms with E-state index < -0.39 is 5.92 Å². The molecule has 162 valence electrons. The van der Waals surface area contributed by atoms with Gasteiger partial charge in [-0.25, -0.2) is 4.39 Å². The fraction of sp³-hybridized carbons (Fsp3) is 0.348. The van der Waals surface area contributed by atoms with Crippen LogP contribution in [0.5, 0.6) is 0 Å². The van der Waals surface area contributed by atoms with Crippen molar-refractivity contribution in [2.24, 2.45) is 5.92 Å². The lowest BCUT2D eigenvalue weighted by Crippen LogP contribution is -2.33. The topological polar surface area (TPSA) is 87.7 Å². The van der Waals surface area contributed by atoms with E-state index in [0.717, 1.165) is 12.8 Å². The van der Waals surface area contributed by atoms with Crippen molar-refractivity contribution < 1.29 is 23.5 Å². The molecule has 2 aliphatic heterocycles. The molecule has 2 N–H and O–H groups in total. The van der Waals surface area contributed by atoms with Crippen LogP contribution in [0.25, 0.3) is 0 Å². The molecule has 2 aliphatic rings. The van der Waals surface area contributed by atoms with Crippen LogP contribution in [0.3, 0.4) is 0 Å². The molecule has 0 saturated carbocycles. The summed E-state index contributed by atoms with van der Waals surface area (Å²) < 4.78 is 18.7. The molecular formula is C23H24FN3O4. The lowest BCUT2D eigenvalue weighted by molar-refractivity contribution is -0.122. The van der Waals surface area contributed by atoms with E-state index in [4.69, 9.17) is 4.74 Å². The highest BCUT2D eigenvalue weighted by molar-refractivity contribution is 6.07. The molecule has 2 aromatic rings. The molecule has 2 saturated heterocycles. The Kier molecular flexibility index (Phi) is 6.27. The number of benzene rings is 2. The second-order valence-corrected chi connectivity index (χ2v) is 7.76. The minimum absolute atomic E-state index is 0.0210. The van der Waals surface area contributed by atoms with Gasteiger partial charge in [0.1, 0.15) is 5.82 Å². The van der Waals surface area contributed by atoms with Crippen LogP contribution in [0.4, 0.5) is 15.8 Å². The van der Waals surface area contributed by atoms with Crippen molar-refractivity contribution in [2.45, 2.75) is 25.4 Å². The first kappa shape index (κ1) is 21.0. The Bertz CT molecular complexity index is 973. The second kappa shape index (κ2) is 9.26. The molecule has 2 heterocycles. The monoisotopic (exact) mass is 425 g/mol. The van der Waals surface area contributed by atoms with Crippen LogP contribution in [0.15, 0.2) is 48.5 Å². The number of anilines is 2. The van der Waals surface area contributed by atoms with Crippen molar-refractivity contribution in [2.75, 3.05) is 29.9 Å². The number of carbonyl (C=O) groups is 3. The molecular weight excluding hydrogens is 401 g/mol. The summed E-state index contributed by atoms with van der Waals surface area (Å²) >= 11 is 0. The number of rotatable bonds is 6. The molecule has 0 spiro atoms. The molecule has 31 heavy (non-hydrogen) atoms. The van der Waals surface area contributed by atoms with Gasteiger partial charge in [0.25, 0.3) is 5.91 Å². The molecule has 0 unspecified atom stereocenters. The zero-order valence-electron chi connectivity index (χ0n) is 17.0. The Hall–Kier alpha value is -3.26. The van der Waals surface area contributed by atoms with E-state index in [0.29, 0.717) is 30.1 Å². The van der Waals surface area contributed by atoms with E-state index in [1.165, 1.54) is 29.2 Å². The Balaban J connectivity index is 1.40. The van der Waals surface area contributed by atoms with Crippen LogP contribution in [0.1, 0.15) is 29.6 Å². The van der Waals surface area contributed by atoms with Gasteiger partial charge in [-0.2, -0.15) is 0 Å². The maximum Gasteiger partial charge on any atom is 0.253 e. The number of nitrogens with one attached hydrogen (secondary N) is 2. The molecule has 0 radical (unpaired) electrons. The number of amides is 3. The summed E-state index contributed by atoms with van der Waals surface area (Å²) in [5.74, 6) is -1.78. The van der Waals surface area contributed by atoms with E-state index in [2.05, 4.69) is 10.6 Å². The summed E-state index contributed by atoms with van der Waals surface area (Å²) in [6.07, 6.45) is 1.98. The van der Waals surface area contributed by atoms with Crippen molar-refractivity contribution in [1.82, 2.24) is 5.32 Å². The minimum Gasteiger partial charge on any atom is -0.376 e. The number of nitrogens with zero attached hydrogens (tertiary/aromatic N) is 1. The summed E-state index contributed by atoms with van der Waals surface area (Å²) in [5, 5.41) is 5.65. The maximum absolute atomic E-state index is 13.2. The largest absolute Gasteiger partial charge is 0.376 e. The van der Waals surface area contributed by atoms with E-state index in [9.17, 15) is 18.8 Å². The summed E-state index contributed by atoms with van der Waals surface area (Å²) in [6, 6.07) is 12.4. The predicted molar refractivity (Wildman–Crippen MR) is 113 cm³/mol. The fourth-order valence-electron chi connectivity index (χ4n) is 3.89. The van der Waals surface area contributed by atoms with E-state index in [1.807, 2.05) is 0 Å². The standard InChI is InChI=1S/C23H24FN3O4/c24-16-7-9-17(10-8-16)27-14-15(12-21(27)28)22(29)26-20-6-2-1-5-19(20)23(30)25-13-18-4-3-11-31-18/h1-2,5-10,15,18H,3-4,11-14H2,(H,25,30)(H,26,29)/t15-,18-/m1/s1. The zero-order valence-corrected chi connectivity index (χ0v) is 17.0. The van der Waals surface area contributed by atoms with Gasteiger partial charge in [-0.05, 0) is 49.2 Å². The number of hydrogen-bond acceptors (Lipinski definition) is 4. The van der Waals surface area contributed by atoms with Gasteiger partial charge in [0.15, 0.2) is 0 Å². The first-order valence-corrected chi connectivity index (χ1v) is 10.4. The van der Waals surface area contributed by atoms with E-state index in [1.54, 1.807) is 24.3 Å². The zero-order chi connectivity index (χ0) is 21.8. The molecule has 0 bridgehead atoms. The number of ether oxygens (including phenoxy) is 1. The van der Waals surface area contributed by atoms with Crippen LogP contribution in [0, 0.1) is 11.7 Å². The molecule has 2 fully saturated rings. The van der Waals surface area contributed by atoms with Crippen LogP contribution in [-0.2, 0) is 14.3 Å². The number of hydrogen-bond donors (Lipinski definition) is 2. The number of halogens is 1. The van der Waals surface area contributed by atoms with E-state index in [-0.39, 0.29) is 42.6 Å². The van der Waals surface area contributed by atoms with Crippen molar-refractivity contribution in [1.29, 1.82) is 0 Å². The lowest BCUT2D eigenvalue weighted by atomic mass is 10.1. The first-order chi connectivity index (χ1) is 15.0. The smallest absolute Gasteiger partial charge is 0.253 e. The average Bonchev–Trinajstić information content (AvgIpc) is 3.43. The Morgan fingerprint density at radius 3 is 2.65 bits per heavy atom. The van der Waals surface area contributed by atoms with Crippen molar-refractivity contribution >= 4 is 29.1 Å². The molecule has 7 nitrogen and oxygen atoms in total. The van der Waals surface area contributed by atoms with Crippen LogP contribution >= 0.6 is 0 Å².